The molecule has 0 saturated heterocycles. The first-order chi connectivity index (χ1) is 12.0. The van der Waals surface area contributed by atoms with Gasteiger partial charge in [-0.05, 0) is 44.0 Å². The molecule has 3 aromatic rings. The van der Waals surface area contributed by atoms with E-state index in [0.717, 1.165) is 16.8 Å². The van der Waals surface area contributed by atoms with E-state index in [-0.39, 0.29) is 11.6 Å². The van der Waals surface area contributed by atoms with Gasteiger partial charge in [-0.15, -0.1) is 0 Å². The second kappa shape index (κ2) is 6.89. The van der Waals surface area contributed by atoms with E-state index in [2.05, 4.69) is 10.4 Å². The lowest BCUT2D eigenvalue weighted by molar-refractivity contribution is 0.102. The molecular formula is C20H20FN3O. The Bertz CT molecular complexity index is 916. The van der Waals surface area contributed by atoms with Crippen molar-refractivity contribution in [3.8, 4) is 0 Å². The molecule has 128 valence electrons. The van der Waals surface area contributed by atoms with Crippen LogP contribution in [-0.2, 0) is 6.54 Å². The van der Waals surface area contributed by atoms with Gasteiger partial charge in [-0.3, -0.25) is 9.48 Å². The van der Waals surface area contributed by atoms with E-state index in [0.29, 0.717) is 17.8 Å². The van der Waals surface area contributed by atoms with Crippen LogP contribution in [0.15, 0.2) is 48.5 Å². The van der Waals surface area contributed by atoms with E-state index in [9.17, 15) is 9.18 Å². The predicted molar refractivity (Wildman–Crippen MR) is 96.3 cm³/mol. The number of carbonyl (C=O) groups excluding carboxylic acids is 1. The van der Waals surface area contributed by atoms with Gasteiger partial charge in [-0.2, -0.15) is 5.10 Å². The van der Waals surface area contributed by atoms with Gasteiger partial charge in [-0.25, -0.2) is 4.39 Å². The molecule has 4 nitrogen and oxygen atoms in total. The molecular weight excluding hydrogens is 317 g/mol. The number of anilines is 1. The summed E-state index contributed by atoms with van der Waals surface area (Å²) in [5.74, 6) is -0.794. The number of hydrogen-bond acceptors (Lipinski definition) is 2. The number of aromatic nitrogens is 2. The zero-order valence-corrected chi connectivity index (χ0v) is 14.5. The Labute approximate surface area is 146 Å². The van der Waals surface area contributed by atoms with Crippen molar-refractivity contribution in [2.45, 2.75) is 27.3 Å². The standard InChI is InChI=1S/C20H20FN3O/c1-13-9-10-18(17(21)11-13)22-20(25)19-14(2)23-24(15(19)3)12-16-7-5-4-6-8-16/h4-11H,12H2,1-3H3,(H,22,25). The fourth-order valence-electron chi connectivity index (χ4n) is 2.84. The molecule has 3 rings (SSSR count). The molecule has 0 fully saturated rings. The normalized spacial score (nSPS) is 10.7. The summed E-state index contributed by atoms with van der Waals surface area (Å²) in [5.41, 5.74) is 3.94. The number of nitrogens with zero attached hydrogens (tertiary/aromatic N) is 2. The first-order valence-corrected chi connectivity index (χ1v) is 8.11. The SMILES string of the molecule is Cc1ccc(NC(=O)c2c(C)nn(Cc3ccccc3)c2C)c(F)c1. The van der Waals surface area contributed by atoms with Gasteiger partial charge in [0.1, 0.15) is 5.82 Å². The van der Waals surface area contributed by atoms with E-state index >= 15 is 0 Å². The molecule has 0 aliphatic heterocycles. The molecule has 0 aliphatic rings. The van der Waals surface area contributed by atoms with E-state index in [4.69, 9.17) is 0 Å². The van der Waals surface area contributed by atoms with Gasteiger partial charge in [0.25, 0.3) is 5.91 Å². The van der Waals surface area contributed by atoms with Crippen LogP contribution in [0.25, 0.3) is 0 Å². The first kappa shape index (κ1) is 16.9. The summed E-state index contributed by atoms with van der Waals surface area (Å²) in [5, 5.41) is 7.11. The van der Waals surface area contributed by atoms with Crippen molar-refractivity contribution in [3.63, 3.8) is 0 Å². The average molecular weight is 337 g/mol. The number of carbonyl (C=O) groups is 1. The second-order valence-electron chi connectivity index (χ2n) is 6.13. The average Bonchev–Trinajstić information content (AvgIpc) is 2.85. The Morgan fingerprint density at radius 3 is 2.52 bits per heavy atom. The highest BCUT2D eigenvalue weighted by atomic mass is 19.1. The molecule has 0 radical (unpaired) electrons. The van der Waals surface area contributed by atoms with Gasteiger partial charge in [-0.1, -0.05) is 36.4 Å². The number of aryl methyl sites for hydroxylation is 2. The molecule has 1 amide bonds. The molecule has 25 heavy (non-hydrogen) atoms. The van der Waals surface area contributed by atoms with Crippen LogP contribution in [0.5, 0.6) is 0 Å². The Kier molecular flexibility index (Phi) is 4.65. The van der Waals surface area contributed by atoms with Crippen molar-refractivity contribution < 1.29 is 9.18 Å². The largest absolute Gasteiger partial charge is 0.319 e. The summed E-state index contributed by atoms with van der Waals surface area (Å²) in [6, 6.07) is 14.6. The molecule has 2 aromatic carbocycles. The fourth-order valence-corrected chi connectivity index (χ4v) is 2.84. The molecule has 5 heteroatoms. The summed E-state index contributed by atoms with van der Waals surface area (Å²) in [4.78, 5) is 12.6. The van der Waals surface area contributed by atoms with Crippen LogP contribution >= 0.6 is 0 Å². The third-order valence-corrected chi connectivity index (χ3v) is 4.16. The highest BCUT2D eigenvalue weighted by molar-refractivity contribution is 6.05. The maximum atomic E-state index is 14.0. The lowest BCUT2D eigenvalue weighted by Crippen LogP contribution is -2.15. The van der Waals surface area contributed by atoms with Crippen LogP contribution in [0.1, 0.15) is 32.9 Å². The molecule has 0 aliphatic carbocycles. The molecule has 0 atom stereocenters. The molecule has 0 bridgehead atoms. The zero-order valence-electron chi connectivity index (χ0n) is 14.5. The van der Waals surface area contributed by atoms with Crippen LogP contribution in [0, 0.1) is 26.6 Å². The van der Waals surface area contributed by atoms with Crippen molar-refractivity contribution in [1.82, 2.24) is 9.78 Å². The summed E-state index contributed by atoms with van der Waals surface area (Å²) in [6.45, 7) is 6.02. The van der Waals surface area contributed by atoms with Crippen molar-refractivity contribution in [3.05, 3.63) is 82.4 Å². The number of benzene rings is 2. The molecule has 1 N–H and O–H groups in total. The Hall–Kier alpha value is -2.95. The molecule has 1 heterocycles. The minimum atomic E-state index is -0.444. The third-order valence-electron chi connectivity index (χ3n) is 4.16. The molecule has 1 aromatic heterocycles. The lowest BCUT2D eigenvalue weighted by atomic mass is 10.1. The quantitative estimate of drug-likeness (QED) is 0.774. The van der Waals surface area contributed by atoms with E-state index < -0.39 is 5.82 Å². The van der Waals surface area contributed by atoms with Gasteiger partial charge < -0.3 is 5.32 Å². The second-order valence-corrected chi connectivity index (χ2v) is 6.13. The smallest absolute Gasteiger partial charge is 0.259 e. The lowest BCUT2D eigenvalue weighted by Gasteiger charge is -2.08. The summed E-state index contributed by atoms with van der Waals surface area (Å²) in [6.07, 6.45) is 0. The fraction of sp³-hybridized carbons (Fsp3) is 0.200. The molecule has 0 spiro atoms. The highest BCUT2D eigenvalue weighted by Gasteiger charge is 2.19. The van der Waals surface area contributed by atoms with Crippen molar-refractivity contribution in [1.29, 1.82) is 0 Å². The molecule has 0 unspecified atom stereocenters. The zero-order chi connectivity index (χ0) is 18.0. The maximum Gasteiger partial charge on any atom is 0.259 e. The van der Waals surface area contributed by atoms with E-state index in [1.807, 2.05) is 37.3 Å². The summed E-state index contributed by atoms with van der Waals surface area (Å²) < 4.78 is 15.8. The van der Waals surface area contributed by atoms with Gasteiger partial charge in [0.15, 0.2) is 0 Å². The van der Waals surface area contributed by atoms with Gasteiger partial charge >= 0.3 is 0 Å². The Morgan fingerprint density at radius 2 is 1.84 bits per heavy atom. The number of halogens is 1. The van der Waals surface area contributed by atoms with Crippen LogP contribution < -0.4 is 5.32 Å². The van der Waals surface area contributed by atoms with Crippen LogP contribution in [0.4, 0.5) is 10.1 Å². The van der Waals surface area contributed by atoms with Gasteiger partial charge in [0.2, 0.25) is 0 Å². The Morgan fingerprint density at radius 1 is 1.12 bits per heavy atom. The summed E-state index contributed by atoms with van der Waals surface area (Å²) >= 11 is 0. The predicted octanol–water partition coefficient (Wildman–Crippen LogP) is 4.25. The van der Waals surface area contributed by atoms with Crippen LogP contribution in [-0.4, -0.2) is 15.7 Å². The third kappa shape index (κ3) is 3.60. The topological polar surface area (TPSA) is 46.9 Å². The summed E-state index contributed by atoms with van der Waals surface area (Å²) in [7, 11) is 0. The number of nitrogens with one attached hydrogen (secondary N) is 1. The van der Waals surface area contributed by atoms with Crippen LogP contribution in [0.3, 0.4) is 0 Å². The number of amides is 1. The van der Waals surface area contributed by atoms with Crippen molar-refractivity contribution >= 4 is 11.6 Å². The Balaban J connectivity index is 1.85. The maximum absolute atomic E-state index is 14.0. The highest BCUT2D eigenvalue weighted by Crippen LogP contribution is 2.20. The van der Waals surface area contributed by atoms with Gasteiger partial charge in [0, 0.05) is 5.69 Å². The van der Waals surface area contributed by atoms with Crippen molar-refractivity contribution in [2.75, 3.05) is 5.32 Å². The monoisotopic (exact) mass is 337 g/mol. The van der Waals surface area contributed by atoms with Crippen LogP contribution in [0.2, 0.25) is 0 Å². The number of hydrogen-bond donors (Lipinski definition) is 1. The van der Waals surface area contributed by atoms with E-state index in [1.54, 1.807) is 30.7 Å². The van der Waals surface area contributed by atoms with E-state index in [1.165, 1.54) is 6.07 Å². The minimum absolute atomic E-state index is 0.171. The molecule has 0 saturated carbocycles. The minimum Gasteiger partial charge on any atom is -0.319 e. The number of rotatable bonds is 4. The first-order valence-electron chi connectivity index (χ1n) is 8.11. The van der Waals surface area contributed by atoms with Gasteiger partial charge in [0.05, 0.1) is 23.5 Å². The van der Waals surface area contributed by atoms with Crippen molar-refractivity contribution in [2.24, 2.45) is 0 Å².